The van der Waals surface area contributed by atoms with Crippen LogP contribution in [0.3, 0.4) is 0 Å². The molecule has 7 N–H and O–H groups in total. The van der Waals surface area contributed by atoms with E-state index in [4.69, 9.17) is 14.2 Å². The summed E-state index contributed by atoms with van der Waals surface area (Å²) >= 11 is 0. The van der Waals surface area contributed by atoms with Gasteiger partial charge in [0.05, 0.1) is 43.2 Å². The molecule has 2 aromatic carbocycles. The van der Waals surface area contributed by atoms with E-state index < -0.39 is 67.3 Å². The van der Waals surface area contributed by atoms with Crippen LogP contribution in [0, 0.1) is 0 Å². The van der Waals surface area contributed by atoms with Gasteiger partial charge in [-0.05, 0) is 47.8 Å². The Hall–Kier alpha value is -2.87. The number of carbonyl (C=O) groups is 1. The van der Waals surface area contributed by atoms with E-state index in [0.717, 1.165) is 0 Å². The summed E-state index contributed by atoms with van der Waals surface area (Å²) in [6.07, 6.45) is -8.22. The molecule has 1 aliphatic carbocycles. The molecule has 2 aliphatic heterocycles. The Morgan fingerprint density at radius 2 is 1.68 bits per heavy atom. The second kappa shape index (κ2) is 11.2. The highest BCUT2D eigenvalue weighted by Gasteiger charge is 2.44. The van der Waals surface area contributed by atoms with Crippen molar-refractivity contribution in [2.45, 2.75) is 74.7 Å². The molecule has 2 aromatic rings. The van der Waals surface area contributed by atoms with Gasteiger partial charge in [0.25, 0.3) is 0 Å². The smallest absolute Gasteiger partial charge is 0.190 e. The van der Waals surface area contributed by atoms with E-state index >= 15 is 0 Å². The molecule has 0 radical (unpaired) electrons. The first kappa shape index (κ1) is 28.7. The van der Waals surface area contributed by atoms with Gasteiger partial charge >= 0.3 is 0 Å². The molecular formula is C29H34O11. The van der Waals surface area contributed by atoms with Crippen molar-refractivity contribution in [1.82, 2.24) is 0 Å². The van der Waals surface area contributed by atoms with Crippen LogP contribution in [0.4, 0.5) is 0 Å². The number of ketones is 1. The molecular weight excluding hydrogens is 524 g/mol. The maximum Gasteiger partial charge on any atom is 0.190 e. The summed E-state index contributed by atoms with van der Waals surface area (Å²) < 4.78 is 17.0. The van der Waals surface area contributed by atoms with Crippen LogP contribution in [-0.4, -0.2) is 98.0 Å². The summed E-state index contributed by atoms with van der Waals surface area (Å²) in [5.74, 6) is -0.405. The van der Waals surface area contributed by atoms with Gasteiger partial charge in [-0.1, -0.05) is 24.3 Å². The number of ether oxygens (including phenoxy) is 3. The number of phenolic OH excluding ortho intramolecular Hbond substituents is 1. The number of allylic oxidation sites excluding steroid dienone is 2. The minimum atomic E-state index is -1.49. The van der Waals surface area contributed by atoms with E-state index in [2.05, 4.69) is 0 Å². The Morgan fingerprint density at radius 1 is 0.975 bits per heavy atom. The molecule has 2 fully saturated rings. The molecule has 11 heteroatoms. The van der Waals surface area contributed by atoms with E-state index in [1.54, 1.807) is 37.3 Å². The molecule has 11 nitrogen and oxygen atoms in total. The molecule has 216 valence electrons. The molecule has 2 heterocycles. The van der Waals surface area contributed by atoms with Crippen LogP contribution in [0.25, 0.3) is 5.57 Å². The number of methoxy groups -OCH3 is 1. The van der Waals surface area contributed by atoms with E-state index in [1.807, 2.05) is 0 Å². The lowest BCUT2D eigenvalue weighted by atomic mass is 9.83. The highest BCUT2D eigenvalue weighted by molar-refractivity contribution is 6.14. The summed E-state index contributed by atoms with van der Waals surface area (Å²) in [7, 11) is 1.43. The van der Waals surface area contributed by atoms with E-state index in [9.17, 15) is 40.5 Å². The zero-order chi connectivity index (χ0) is 28.9. The van der Waals surface area contributed by atoms with Crippen molar-refractivity contribution in [1.29, 1.82) is 0 Å². The maximum atomic E-state index is 13.3. The molecule has 2 saturated heterocycles. The monoisotopic (exact) mass is 558 g/mol. The molecule has 40 heavy (non-hydrogen) atoms. The molecule has 5 rings (SSSR count). The minimum Gasteiger partial charge on any atom is -0.507 e. The summed E-state index contributed by atoms with van der Waals surface area (Å²) in [6.45, 7) is 1.09. The number of aliphatic hydroxyl groups is 6. The molecule has 0 amide bonds. The summed E-state index contributed by atoms with van der Waals surface area (Å²) in [5.41, 5.74) is 2.80. The second-order valence-corrected chi connectivity index (χ2v) is 10.6. The fourth-order valence-corrected chi connectivity index (χ4v) is 5.79. The Kier molecular flexibility index (Phi) is 8.01. The normalized spacial score (nSPS) is 34.2. The zero-order valence-electron chi connectivity index (χ0n) is 22.0. The molecule has 0 bridgehead atoms. The van der Waals surface area contributed by atoms with Crippen molar-refractivity contribution in [2.24, 2.45) is 0 Å². The predicted octanol–water partition coefficient (Wildman–Crippen LogP) is 0.310. The topological polar surface area (TPSA) is 186 Å². The fourth-order valence-electron chi connectivity index (χ4n) is 5.79. The third-order valence-corrected chi connectivity index (χ3v) is 8.07. The van der Waals surface area contributed by atoms with Gasteiger partial charge in [-0.2, -0.15) is 0 Å². The predicted molar refractivity (Wildman–Crippen MR) is 140 cm³/mol. The Balaban J connectivity index is 1.42. The standard InChI is InChI=1S/C29H34O11/c1-12-24(33)18(32)10-20(39-12)23-19(38-2)9-16-7-15(8-17(31)22(16)26(23)35)13-3-5-14(6-4-13)29-28(37)27(36)25(34)21(11-30)40-29/h3-6,8-9,12,18,20-21,24-25,27-30,32-37H,7,10-11H2,1-2H3/t12-,18-,20-,21-,24+,25-,27+,28-,29+/m1/s1. The second-order valence-electron chi connectivity index (χ2n) is 10.6. The van der Waals surface area contributed by atoms with Gasteiger partial charge in [-0.25, -0.2) is 0 Å². The molecule has 3 aliphatic rings. The minimum absolute atomic E-state index is 0.0181. The summed E-state index contributed by atoms with van der Waals surface area (Å²) in [6, 6.07) is 8.48. The highest BCUT2D eigenvalue weighted by Crippen LogP contribution is 2.46. The lowest BCUT2D eigenvalue weighted by Gasteiger charge is -2.40. The number of hydrogen-bond acceptors (Lipinski definition) is 11. The molecule has 0 unspecified atom stereocenters. The van der Waals surface area contributed by atoms with Crippen LogP contribution < -0.4 is 4.74 Å². The Bertz CT molecular complexity index is 1280. The average molecular weight is 559 g/mol. The van der Waals surface area contributed by atoms with Gasteiger partial charge in [0, 0.05) is 6.42 Å². The van der Waals surface area contributed by atoms with Gasteiger partial charge in [0.2, 0.25) is 0 Å². The van der Waals surface area contributed by atoms with Crippen LogP contribution in [0.5, 0.6) is 11.5 Å². The van der Waals surface area contributed by atoms with Crippen molar-refractivity contribution < 1.29 is 54.8 Å². The molecule has 9 atom stereocenters. The first-order valence-corrected chi connectivity index (χ1v) is 13.2. The van der Waals surface area contributed by atoms with E-state index in [0.29, 0.717) is 34.4 Å². The van der Waals surface area contributed by atoms with Crippen molar-refractivity contribution in [3.05, 3.63) is 64.2 Å². The Morgan fingerprint density at radius 3 is 2.30 bits per heavy atom. The molecule has 0 spiro atoms. The largest absolute Gasteiger partial charge is 0.507 e. The number of fused-ring (bicyclic) bond motifs is 1. The highest BCUT2D eigenvalue weighted by atomic mass is 16.5. The lowest BCUT2D eigenvalue weighted by Crippen LogP contribution is -2.55. The first-order chi connectivity index (χ1) is 19.0. The maximum absolute atomic E-state index is 13.3. The number of aliphatic hydroxyl groups excluding tert-OH is 6. The van der Waals surface area contributed by atoms with E-state index in [-0.39, 0.29) is 23.3 Å². The number of aromatic hydroxyl groups is 1. The van der Waals surface area contributed by atoms with Gasteiger partial charge in [-0.15, -0.1) is 0 Å². The van der Waals surface area contributed by atoms with Gasteiger partial charge in [-0.3, -0.25) is 4.79 Å². The summed E-state index contributed by atoms with van der Waals surface area (Å²) in [5, 5.41) is 71.6. The number of carbonyl (C=O) groups excluding carboxylic acids is 1. The van der Waals surface area contributed by atoms with Crippen LogP contribution in [0.2, 0.25) is 0 Å². The summed E-state index contributed by atoms with van der Waals surface area (Å²) in [4.78, 5) is 13.3. The SMILES string of the molecule is COc1cc2c(c(O)c1[C@H]1C[C@@H](O)[C@@H](O)[C@@H](C)O1)C(=O)C=C(c1ccc([C@@H]3O[C@H](CO)[C@@H](O)[C@H](O)[C@H]3O)cc1)C2. The van der Waals surface area contributed by atoms with Gasteiger partial charge in [0.1, 0.15) is 48.1 Å². The van der Waals surface area contributed by atoms with Crippen molar-refractivity contribution in [3.63, 3.8) is 0 Å². The number of hydrogen-bond donors (Lipinski definition) is 7. The first-order valence-electron chi connectivity index (χ1n) is 13.2. The quantitative estimate of drug-likeness (QED) is 0.268. The van der Waals surface area contributed by atoms with Crippen LogP contribution >= 0.6 is 0 Å². The Labute approximate surface area is 230 Å². The third kappa shape index (κ3) is 4.93. The third-order valence-electron chi connectivity index (χ3n) is 8.07. The van der Waals surface area contributed by atoms with Gasteiger partial charge < -0.3 is 50.0 Å². The molecule has 0 saturated carbocycles. The van der Waals surface area contributed by atoms with Crippen molar-refractivity contribution >= 4 is 11.4 Å². The van der Waals surface area contributed by atoms with E-state index in [1.165, 1.54) is 13.2 Å². The van der Waals surface area contributed by atoms with Crippen LogP contribution in [0.15, 0.2) is 36.4 Å². The van der Waals surface area contributed by atoms with Crippen molar-refractivity contribution in [3.8, 4) is 11.5 Å². The number of phenols is 1. The van der Waals surface area contributed by atoms with Gasteiger partial charge in [0.15, 0.2) is 5.78 Å². The zero-order valence-corrected chi connectivity index (χ0v) is 22.0. The van der Waals surface area contributed by atoms with Crippen LogP contribution in [-0.2, 0) is 15.9 Å². The molecule has 0 aromatic heterocycles. The number of rotatable bonds is 5. The van der Waals surface area contributed by atoms with Crippen molar-refractivity contribution in [2.75, 3.05) is 13.7 Å². The fraction of sp³-hybridized carbons (Fsp3) is 0.483. The lowest BCUT2D eigenvalue weighted by molar-refractivity contribution is -0.231. The number of benzene rings is 2. The average Bonchev–Trinajstić information content (AvgIpc) is 2.94. The van der Waals surface area contributed by atoms with Crippen LogP contribution in [0.1, 0.15) is 58.2 Å².